The molecule has 0 bridgehead atoms. The van der Waals surface area contributed by atoms with Crippen LogP contribution >= 0.6 is 12.0 Å². The van der Waals surface area contributed by atoms with Crippen LogP contribution in [0, 0.1) is 5.92 Å². The van der Waals surface area contributed by atoms with Gasteiger partial charge in [-0.15, -0.1) is 0 Å². The van der Waals surface area contributed by atoms with E-state index in [0.717, 1.165) is 6.42 Å². The maximum atomic E-state index is 9.81. The number of hydrogen-bond donors (Lipinski definition) is 3. The molecule has 1 saturated heterocycles. The van der Waals surface area contributed by atoms with E-state index < -0.39 is 30.7 Å². The molecule has 120 valence electrons. The van der Waals surface area contributed by atoms with Crippen LogP contribution in [0.3, 0.4) is 0 Å². The van der Waals surface area contributed by atoms with Crippen LogP contribution in [0.25, 0.3) is 0 Å². The zero-order chi connectivity index (χ0) is 15.1. The molecule has 6 unspecified atom stereocenters. The molecule has 10 heteroatoms. The van der Waals surface area contributed by atoms with Gasteiger partial charge in [0.1, 0.15) is 24.4 Å². The number of aliphatic hydroxyl groups is 3. The summed E-state index contributed by atoms with van der Waals surface area (Å²) in [6, 6.07) is 0. The van der Waals surface area contributed by atoms with Crippen molar-refractivity contribution in [1.29, 1.82) is 0 Å². The molecule has 1 aliphatic rings. The van der Waals surface area contributed by atoms with Crippen LogP contribution in [0.1, 0.15) is 20.3 Å². The van der Waals surface area contributed by atoms with Crippen LogP contribution in [0.2, 0.25) is 0 Å². The fourth-order valence-corrected chi connectivity index (χ4v) is 2.19. The van der Waals surface area contributed by atoms with E-state index in [0.29, 0.717) is 18.6 Å². The molecule has 0 amide bonds. The Hall–Kier alpha value is 1.03. The van der Waals surface area contributed by atoms with Crippen molar-refractivity contribution in [2.45, 2.75) is 51.0 Å². The van der Waals surface area contributed by atoms with Crippen molar-refractivity contribution in [3.63, 3.8) is 0 Å². The smallest absolute Gasteiger partial charge is 0.691 e. The van der Waals surface area contributed by atoms with Gasteiger partial charge in [-0.05, 0) is 5.92 Å². The molecule has 6 atom stereocenters. The van der Waals surface area contributed by atoms with E-state index >= 15 is 0 Å². The van der Waals surface area contributed by atoms with Crippen molar-refractivity contribution >= 4 is 12.0 Å². The molecule has 1 aliphatic heterocycles. The van der Waals surface area contributed by atoms with Crippen LogP contribution in [-0.2, 0) is 18.8 Å². The summed E-state index contributed by atoms with van der Waals surface area (Å²) in [5, 5.41) is 42.2. The third kappa shape index (κ3) is 6.98. The van der Waals surface area contributed by atoms with Gasteiger partial charge in [-0.2, -0.15) is 4.33 Å². The molecular weight excluding hydrogens is 315 g/mol. The summed E-state index contributed by atoms with van der Waals surface area (Å²) in [4.78, 5) is 0. The molecule has 21 heavy (non-hydrogen) atoms. The summed E-state index contributed by atoms with van der Waals surface area (Å²) in [5.74, 6) is 0.316. The van der Waals surface area contributed by atoms with Crippen molar-refractivity contribution in [3.05, 3.63) is 0 Å². The fraction of sp³-hybridized carbons (Fsp3) is 1.00. The van der Waals surface area contributed by atoms with Crippen LogP contribution in [-0.4, -0.2) is 58.4 Å². The van der Waals surface area contributed by atoms with Crippen LogP contribution in [0.15, 0.2) is 0 Å². The van der Waals surface area contributed by atoms with Crippen molar-refractivity contribution < 1.29 is 69.0 Å². The Labute approximate surface area is 150 Å². The second kappa shape index (κ2) is 11.5. The minimum Gasteiger partial charge on any atom is -0.691 e. The van der Waals surface area contributed by atoms with Gasteiger partial charge in [-0.25, -0.2) is 0 Å². The van der Waals surface area contributed by atoms with Crippen LogP contribution in [0.4, 0.5) is 0 Å². The molecule has 0 spiro atoms. The first-order chi connectivity index (χ1) is 9.51. The second-order valence-corrected chi connectivity index (χ2v) is 5.49. The molecule has 1 heterocycles. The molecule has 8 nitrogen and oxygen atoms in total. The van der Waals surface area contributed by atoms with Gasteiger partial charge in [0.05, 0.1) is 12.4 Å². The quantitative estimate of drug-likeness (QED) is 0.133. The Bertz CT molecular complexity index is 275. The molecule has 0 saturated carbocycles. The van der Waals surface area contributed by atoms with Gasteiger partial charge in [0.25, 0.3) is 0 Å². The van der Waals surface area contributed by atoms with E-state index in [4.69, 9.17) is 9.47 Å². The fourth-order valence-electron chi connectivity index (χ4n) is 1.68. The van der Waals surface area contributed by atoms with E-state index in [-0.39, 0.29) is 41.2 Å². The third-order valence-corrected chi connectivity index (χ3v) is 3.84. The molecule has 0 aromatic rings. The van der Waals surface area contributed by atoms with Gasteiger partial charge in [0.2, 0.25) is 0 Å². The van der Waals surface area contributed by atoms with Crippen molar-refractivity contribution in [1.82, 2.24) is 0 Å². The summed E-state index contributed by atoms with van der Waals surface area (Å²) < 4.78 is 14.9. The molecule has 1 fully saturated rings. The molecule has 0 radical (unpaired) electrons. The summed E-state index contributed by atoms with van der Waals surface area (Å²) in [6.07, 6.45) is -5.04. The maximum absolute atomic E-state index is 9.81. The Kier molecular flexibility index (Phi) is 12.1. The first kappa shape index (κ1) is 22.0. The summed E-state index contributed by atoms with van der Waals surface area (Å²) >= 11 is 0.630. The van der Waals surface area contributed by atoms with Gasteiger partial charge >= 0.3 is 29.6 Å². The molecule has 0 aromatic heterocycles. The van der Waals surface area contributed by atoms with E-state index in [1.54, 1.807) is 0 Å². The molecular formula is C11H21NaO8S. The minimum absolute atomic E-state index is 0. The Balaban J connectivity index is 0.00000400. The van der Waals surface area contributed by atoms with Crippen molar-refractivity contribution in [2.24, 2.45) is 5.92 Å². The maximum Gasteiger partial charge on any atom is 1.00 e. The Morgan fingerprint density at radius 2 is 1.90 bits per heavy atom. The Morgan fingerprint density at radius 1 is 1.24 bits per heavy atom. The van der Waals surface area contributed by atoms with Gasteiger partial charge in [-0.1, -0.05) is 20.3 Å². The predicted molar refractivity (Wildman–Crippen MR) is 66.7 cm³/mol. The molecule has 1 rings (SSSR count). The average Bonchev–Trinajstić information content (AvgIpc) is 2.45. The van der Waals surface area contributed by atoms with Crippen LogP contribution in [0.5, 0.6) is 0 Å². The van der Waals surface area contributed by atoms with Crippen LogP contribution < -0.4 is 34.8 Å². The normalized spacial score (nSPS) is 34.3. The Morgan fingerprint density at radius 3 is 2.48 bits per heavy atom. The van der Waals surface area contributed by atoms with E-state index in [1.807, 2.05) is 13.8 Å². The topological polar surface area (TPSA) is 121 Å². The largest absolute Gasteiger partial charge is 1.00 e. The summed E-state index contributed by atoms with van der Waals surface area (Å²) in [7, 11) is 0. The van der Waals surface area contributed by atoms with E-state index in [2.05, 4.69) is 9.37 Å². The zero-order valence-corrected chi connectivity index (χ0v) is 15.2. The van der Waals surface area contributed by atoms with E-state index in [9.17, 15) is 20.6 Å². The third-order valence-electron chi connectivity index (χ3n) is 3.22. The zero-order valence-electron chi connectivity index (χ0n) is 12.4. The summed E-state index contributed by atoms with van der Waals surface area (Å²) in [6.45, 7) is 4.35. The first-order valence-corrected chi connectivity index (χ1v) is 7.31. The van der Waals surface area contributed by atoms with E-state index in [1.165, 1.54) is 0 Å². The molecule has 3 N–H and O–H groups in total. The summed E-state index contributed by atoms with van der Waals surface area (Å²) in [5.41, 5.74) is 0. The standard InChI is InChI=1S/C11H22O8S.Na/c1-3-6(2)4-16-11-10(14)9(13)8(12)7(17-11)5-20-19-18-15;/h6-15H,3-5H2,1-2H3;/q;+1/p-1. The number of hydrogen-bond acceptors (Lipinski definition) is 9. The predicted octanol–water partition coefficient (Wildman–Crippen LogP) is -4.27. The average molecular weight is 336 g/mol. The number of aliphatic hydroxyl groups excluding tert-OH is 3. The van der Waals surface area contributed by atoms with Gasteiger partial charge in [0.15, 0.2) is 6.29 Å². The SMILES string of the molecule is CCC(C)COC1OC(CSOO[O-])C(O)C(O)C1O.[Na+]. The minimum atomic E-state index is -1.40. The van der Waals surface area contributed by atoms with Gasteiger partial charge < -0.3 is 30.1 Å². The van der Waals surface area contributed by atoms with Gasteiger partial charge in [0, 0.05) is 12.0 Å². The van der Waals surface area contributed by atoms with Gasteiger partial charge in [-0.3, -0.25) is 5.04 Å². The number of rotatable bonds is 8. The first-order valence-electron chi connectivity index (χ1n) is 6.40. The monoisotopic (exact) mass is 336 g/mol. The van der Waals surface area contributed by atoms with Crippen molar-refractivity contribution in [3.8, 4) is 0 Å². The number of ether oxygens (including phenoxy) is 2. The second-order valence-electron chi connectivity index (χ2n) is 4.78. The van der Waals surface area contributed by atoms with Crippen molar-refractivity contribution in [2.75, 3.05) is 12.4 Å². The molecule has 0 aromatic carbocycles. The molecule has 0 aliphatic carbocycles.